The molecule has 0 saturated heterocycles. The number of rotatable bonds is 15. The van der Waals surface area contributed by atoms with Crippen LogP contribution in [0.1, 0.15) is 126 Å². The van der Waals surface area contributed by atoms with E-state index in [2.05, 4.69) is 151 Å². The van der Waals surface area contributed by atoms with Gasteiger partial charge >= 0.3 is 0 Å². The molecule has 1 nitrogen and oxygen atoms in total. The third kappa shape index (κ3) is 9.49. The molecule has 0 spiro atoms. The Labute approximate surface area is 292 Å². The largest absolute Gasteiger partial charge is 0.372 e. The van der Waals surface area contributed by atoms with E-state index in [0.29, 0.717) is 12.8 Å². The molecule has 0 fully saturated rings. The van der Waals surface area contributed by atoms with Crippen LogP contribution in [0.2, 0.25) is 0 Å². The highest BCUT2D eigenvalue weighted by Crippen LogP contribution is 2.40. The highest BCUT2D eigenvalue weighted by atomic mass is 19.1. The van der Waals surface area contributed by atoms with Crippen molar-refractivity contribution in [2.75, 3.05) is 0 Å². The van der Waals surface area contributed by atoms with Crippen LogP contribution < -0.4 is 5.32 Å². The highest BCUT2D eigenvalue weighted by Gasteiger charge is 2.36. The maximum Gasteiger partial charge on any atom is 0.112 e. The monoisotopic (exact) mass is 645 g/mol. The lowest BCUT2D eigenvalue weighted by Gasteiger charge is -2.39. The zero-order valence-corrected chi connectivity index (χ0v) is 31.3. The molecule has 2 unspecified atom stereocenters. The molecule has 4 aromatic carbocycles. The normalized spacial score (nSPS) is 14.6. The molecule has 0 radical (unpaired) electrons. The fourth-order valence-corrected chi connectivity index (χ4v) is 6.98. The second-order valence-electron chi connectivity index (χ2n) is 16.2. The molecule has 1 N–H and O–H groups in total. The van der Waals surface area contributed by atoms with Crippen molar-refractivity contribution in [1.82, 2.24) is 5.32 Å². The first-order chi connectivity index (χ1) is 22.6. The Bertz CT molecular complexity index is 1660. The molecule has 0 aliphatic rings. The van der Waals surface area contributed by atoms with Gasteiger partial charge in [0.25, 0.3) is 0 Å². The molecule has 0 aliphatic carbocycles. The molecule has 4 rings (SSSR count). The minimum atomic E-state index is -1.26. The predicted octanol–water partition coefficient (Wildman–Crippen LogP) is 12.5. The molecule has 0 heterocycles. The Balaban J connectivity index is 1.91. The SMILES string of the molecule is C=C(NC(CCCc1ccccc1)(c1cccc(CC(C)(C)C)c1)c1cccc(CC(C)(F)CC)c1)c1ccc(C)c(C(C)(C)CC)c1. The van der Waals surface area contributed by atoms with Crippen LogP contribution in [0.4, 0.5) is 4.39 Å². The van der Waals surface area contributed by atoms with Crippen LogP contribution in [-0.2, 0) is 30.2 Å². The first-order valence-electron chi connectivity index (χ1n) is 18.1. The zero-order valence-electron chi connectivity index (χ0n) is 31.3. The van der Waals surface area contributed by atoms with Crippen LogP contribution in [0.15, 0.2) is 104 Å². The van der Waals surface area contributed by atoms with Crippen molar-refractivity contribution in [3.63, 3.8) is 0 Å². The summed E-state index contributed by atoms with van der Waals surface area (Å²) < 4.78 is 15.5. The Morgan fingerprint density at radius 1 is 0.688 bits per heavy atom. The van der Waals surface area contributed by atoms with Gasteiger partial charge in [-0.2, -0.15) is 0 Å². The molecular weight excluding hydrogens is 586 g/mol. The van der Waals surface area contributed by atoms with Gasteiger partial charge in [0.05, 0.1) is 5.54 Å². The summed E-state index contributed by atoms with van der Waals surface area (Å²) in [6.45, 7) is 24.4. The van der Waals surface area contributed by atoms with E-state index in [9.17, 15) is 0 Å². The second-order valence-corrected chi connectivity index (χ2v) is 16.2. The van der Waals surface area contributed by atoms with Crippen molar-refractivity contribution < 1.29 is 4.39 Å². The Hall–Kier alpha value is -3.65. The Morgan fingerprint density at radius 3 is 1.83 bits per heavy atom. The summed E-state index contributed by atoms with van der Waals surface area (Å²) in [5, 5.41) is 4.09. The summed E-state index contributed by atoms with van der Waals surface area (Å²) in [5.74, 6) is 0. The third-order valence-corrected chi connectivity index (χ3v) is 10.3. The number of alkyl halides is 1. The summed E-state index contributed by atoms with van der Waals surface area (Å²) >= 11 is 0. The predicted molar refractivity (Wildman–Crippen MR) is 206 cm³/mol. The Kier molecular flexibility index (Phi) is 11.8. The van der Waals surface area contributed by atoms with E-state index in [0.717, 1.165) is 54.5 Å². The van der Waals surface area contributed by atoms with Gasteiger partial charge in [-0.3, -0.25) is 0 Å². The molecule has 256 valence electrons. The summed E-state index contributed by atoms with van der Waals surface area (Å²) in [6.07, 6.45) is 5.68. The van der Waals surface area contributed by atoms with Crippen LogP contribution in [0.3, 0.4) is 0 Å². The maximum atomic E-state index is 15.5. The lowest BCUT2D eigenvalue weighted by Crippen LogP contribution is -2.43. The molecule has 4 aromatic rings. The molecule has 2 heteroatoms. The second kappa shape index (κ2) is 15.3. The summed E-state index contributed by atoms with van der Waals surface area (Å²) in [5.41, 5.74) is 9.08. The van der Waals surface area contributed by atoms with E-state index < -0.39 is 11.2 Å². The van der Waals surface area contributed by atoms with E-state index in [4.69, 9.17) is 6.58 Å². The number of benzene rings is 4. The van der Waals surface area contributed by atoms with E-state index in [-0.39, 0.29) is 10.8 Å². The van der Waals surface area contributed by atoms with Crippen LogP contribution >= 0.6 is 0 Å². The average molecular weight is 646 g/mol. The molecule has 0 bridgehead atoms. The maximum absolute atomic E-state index is 15.5. The van der Waals surface area contributed by atoms with Gasteiger partial charge in [-0.25, -0.2) is 4.39 Å². The van der Waals surface area contributed by atoms with Crippen molar-refractivity contribution in [3.05, 3.63) is 148 Å². The molecule has 0 aliphatic heterocycles. The van der Waals surface area contributed by atoms with E-state index >= 15 is 4.39 Å². The Morgan fingerprint density at radius 2 is 1.27 bits per heavy atom. The van der Waals surface area contributed by atoms with Crippen LogP contribution in [-0.4, -0.2) is 5.67 Å². The fraction of sp³-hybridized carbons (Fsp3) is 0.435. The van der Waals surface area contributed by atoms with Crippen LogP contribution in [0.5, 0.6) is 0 Å². The van der Waals surface area contributed by atoms with Crippen LogP contribution in [0, 0.1) is 12.3 Å². The number of hydrogen-bond acceptors (Lipinski definition) is 1. The molecule has 48 heavy (non-hydrogen) atoms. The van der Waals surface area contributed by atoms with Gasteiger partial charge in [0, 0.05) is 12.1 Å². The van der Waals surface area contributed by atoms with Crippen molar-refractivity contribution in [3.8, 4) is 0 Å². The van der Waals surface area contributed by atoms with Gasteiger partial charge in [-0.1, -0.05) is 146 Å². The van der Waals surface area contributed by atoms with E-state index in [1.807, 2.05) is 6.92 Å². The number of aryl methyl sites for hydroxylation is 2. The van der Waals surface area contributed by atoms with Crippen molar-refractivity contribution in [1.29, 1.82) is 0 Å². The van der Waals surface area contributed by atoms with Crippen LogP contribution in [0.25, 0.3) is 5.70 Å². The summed E-state index contributed by atoms with van der Waals surface area (Å²) in [6, 6.07) is 35.3. The van der Waals surface area contributed by atoms with Gasteiger partial charge in [-0.15, -0.1) is 0 Å². The van der Waals surface area contributed by atoms with Crippen molar-refractivity contribution >= 4 is 5.70 Å². The van der Waals surface area contributed by atoms with Gasteiger partial charge in [0.1, 0.15) is 5.67 Å². The quantitative estimate of drug-likeness (QED) is 0.136. The first kappa shape index (κ1) is 37.2. The fourth-order valence-electron chi connectivity index (χ4n) is 6.98. The van der Waals surface area contributed by atoms with Crippen molar-refractivity contribution in [2.24, 2.45) is 5.41 Å². The van der Waals surface area contributed by atoms with Gasteiger partial charge in [0.15, 0.2) is 0 Å². The zero-order chi connectivity index (χ0) is 35.2. The van der Waals surface area contributed by atoms with Gasteiger partial charge in [0.2, 0.25) is 0 Å². The van der Waals surface area contributed by atoms with Gasteiger partial charge < -0.3 is 5.32 Å². The topological polar surface area (TPSA) is 12.0 Å². The summed E-state index contributed by atoms with van der Waals surface area (Å²) in [4.78, 5) is 0. The standard InChI is InChI=1S/C46H60FN/c1-11-44(8,9)42-31-39(27-26-34(42)3)35(4)48-46(28-18-23-36-19-14-13-15-20-36,40-24-16-21-37(29-40)32-43(5,6)7)41-25-17-22-38(30-41)33-45(10,47)12-2/h13-17,19-22,24-27,29-31,48H,4,11-12,18,23,28,32-33H2,1-3,5-10H3. The number of halogens is 1. The lowest BCUT2D eigenvalue weighted by molar-refractivity contribution is 0.183. The van der Waals surface area contributed by atoms with Crippen molar-refractivity contribution in [2.45, 2.75) is 124 Å². The minimum absolute atomic E-state index is 0.0566. The van der Waals surface area contributed by atoms with Gasteiger partial charge in [-0.05, 0) is 114 Å². The summed E-state index contributed by atoms with van der Waals surface area (Å²) in [7, 11) is 0. The smallest absolute Gasteiger partial charge is 0.112 e. The molecule has 0 aromatic heterocycles. The lowest BCUT2D eigenvalue weighted by atomic mass is 9.75. The molecular formula is C46H60FN. The highest BCUT2D eigenvalue weighted by molar-refractivity contribution is 5.66. The van der Waals surface area contributed by atoms with E-state index in [1.54, 1.807) is 6.92 Å². The first-order valence-corrected chi connectivity index (χ1v) is 18.1. The number of hydrogen-bond donors (Lipinski definition) is 1. The average Bonchev–Trinajstić information content (AvgIpc) is 3.04. The van der Waals surface area contributed by atoms with E-state index in [1.165, 1.54) is 27.8 Å². The minimum Gasteiger partial charge on any atom is -0.372 e. The molecule has 0 amide bonds. The third-order valence-electron chi connectivity index (χ3n) is 10.3. The molecule has 2 atom stereocenters. The number of nitrogens with one attached hydrogen (secondary N) is 1. The molecule has 0 saturated carbocycles.